The van der Waals surface area contributed by atoms with Gasteiger partial charge < -0.3 is 4.74 Å². The van der Waals surface area contributed by atoms with E-state index in [4.69, 9.17) is 4.74 Å². The number of ether oxygens (including phenoxy) is 1. The summed E-state index contributed by atoms with van der Waals surface area (Å²) >= 11 is 3.41. The maximum Gasteiger partial charge on any atom is 0.301 e. The molecule has 0 amide bonds. The molecule has 0 heterocycles. The number of hydrazone groups is 1. The molecule has 0 aromatic heterocycles. The molecule has 0 spiro atoms. The number of benzene rings is 3. The predicted octanol–water partition coefficient (Wildman–Crippen LogP) is 5.91. The number of rotatable bonds is 8. The Morgan fingerprint density at radius 2 is 1.66 bits per heavy atom. The second-order valence-electron chi connectivity index (χ2n) is 6.98. The van der Waals surface area contributed by atoms with Crippen molar-refractivity contribution >= 4 is 39.2 Å². The summed E-state index contributed by atoms with van der Waals surface area (Å²) in [6, 6.07) is 15.0. The molecule has 0 saturated heterocycles. The minimum absolute atomic E-state index is 0.0553. The van der Waals surface area contributed by atoms with Crippen molar-refractivity contribution in [3.05, 3.63) is 102 Å². The number of non-ortho nitro benzene ring substituents is 1. The zero-order chi connectivity index (χ0) is 23.3. The van der Waals surface area contributed by atoms with Crippen molar-refractivity contribution in [3.8, 4) is 5.75 Å². The molecule has 0 atom stereocenters. The SMILES string of the molecule is Cc1cc(/C=N/Nc2ccc([N+](=O)[O-])cc2[N+](=O)[O-])cc(C)c1OCc1ccc(Br)cc1. The summed E-state index contributed by atoms with van der Waals surface area (Å²) < 4.78 is 6.99. The maximum atomic E-state index is 11.2. The molecule has 10 heteroatoms. The lowest BCUT2D eigenvalue weighted by Crippen LogP contribution is -2.01. The maximum absolute atomic E-state index is 11.2. The lowest BCUT2D eigenvalue weighted by molar-refractivity contribution is -0.393. The van der Waals surface area contributed by atoms with Gasteiger partial charge in [-0.05, 0) is 66.4 Å². The number of anilines is 1. The Morgan fingerprint density at radius 3 is 2.25 bits per heavy atom. The van der Waals surface area contributed by atoms with E-state index >= 15 is 0 Å². The number of hydrogen-bond donors (Lipinski definition) is 1. The van der Waals surface area contributed by atoms with Crippen LogP contribution in [0, 0.1) is 34.1 Å². The number of nitro groups is 2. The summed E-state index contributed by atoms with van der Waals surface area (Å²) in [6.07, 6.45) is 1.52. The van der Waals surface area contributed by atoms with E-state index in [0.717, 1.165) is 38.5 Å². The van der Waals surface area contributed by atoms with Gasteiger partial charge in [0.25, 0.3) is 5.69 Å². The first kappa shape index (κ1) is 22.9. The van der Waals surface area contributed by atoms with Crippen molar-refractivity contribution in [2.24, 2.45) is 5.10 Å². The Balaban J connectivity index is 1.72. The van der Waals surface area contributed by atoms with Crippen molar-refractivity contribution in [1.29, 1.82) is 0 Å². The fourth-order valence-electron chi connectivity index (χ4n) is 3.08. The van der Waals surface area contributed by atoms with Crippen LogP contribution >= 0.6 is 15.9 Å². The first-order chi connectivity index (χ1) is 15.2. The molecule has 0 aliphatic heterocycles. The molecular formula is C22H19BrN4O5. The minimum atomic E-state index is -0.698. The Kier molecular flexibility index (Phi) is 7.16. The molecule has 0 bridgehead atoms. The second-order valence-corrected chi connectivity index (χ2v) is 7.90. The van der Waals surface area contributed by atoms with Crippen LogP contribution in [-0.2, 0) is 6.61 Å². The van der Waals surface area contributed by atoms with Crippen LogP contribution in [0.3, 0.4) is 0 Å². The molecule has 1 N–H and O–H groups in total. The quantitative estimate of drug-likeness (QED) is 0.234. The topological polar surface area (TPSA) is 120 Å². The Bertz CT molecular complexity index is 1170. The molecule has 0 aliphatic rings. The van der Waals surface area contributed by atoms with Crippen molar-refractivity contribution in [2.45, 2.75) is 20.5 Å². The molecule has 3 rings (SSSR count). The Hall–Kier alpha value is -3.79. The monoisotopic (exact) mass is 498 g/mol. The minimum Gasteiger partial charge on any atom is -0.488 e. The average Bonchev–Trinajstić information content (AvgIpc) is 2.74. The Labute approximate surface area is 192 Å². The van der Waals surface area contributed by atoms with Crippen molar-refractivity contribution in [2.75, 3.05) is 5.43 Å². The van der Waals surface area contributed by atoms with E-state index in [1.165, 1.54) is 18.3 Å². The highest BCUT2D eigenvalue weighted by atomic mass is 79.9. The van der Waals surface area contributed by atoms with E-state index in [0.29, 0.717) is 6.61 Å². The third-order valence-corrected chi connectivity index (χ3v) is 5.10. The molecule has 3 aromatic carbocycles. The van der Waals surface area contributed by atoms with Gasteiger partial charge in [-0.25, -0.2) is 0 Å². The van der Waals surface area contributed by atoms with Crippen molar-refractivity contribution < 1.29 is 14.6 Å². The third kappa shape index (κ3) is 5.67. The van der Waals surface area contributed by atoms with E-state index in [-0.39, 0.29) is 11.4 Å². The molecule has 9 nitrogen and oxygen atoms in total. The standard InChI is InChI=1S/C22H19BrN4O5/c1-14-9-17(10-15(2)22(14)32-13-16-3-5-18(23)6-4-16)12-24-25-20-8-7-19(26(28)29)11-21(20)27(30)31/h3-12,25H,13H2,1-2H3/b24-12+. The number of aryl methyl sites for hydroxylation is 2. The van der Waals surface area contributed by atoms with E-state index in [9.17, 15) is 20.2 Å². The highest BCUT2D eigenvalue weighted by Gasteiger charge is 2.19. The molecule has 0 saturated carbocycles. The van der Waals surface area contributed by atoms with Gasteiger partial charge in [0, 0.05) is 10.5 Å². The molecule has 0 aliphatic carbocycles. The molecule has 0 fully saturated rings. The number of nitrogens with one attached hydrogen (secondary N) is 1. The van der Waals surface area contributed by atoms with Gasteiger partial charge >= 0.3 is 5.69 Å². The first-order valence-electron chi connectivity index (χ1n) is 9.45. The number of hydrogen-bond acceptors (Lipinski definition) is 7. The Morgan fingerprint density at radius 1 is 1.00 bits per heavy atom. The van der Waals surface area contributed by atoms with E-state index in [2.05, 4.69) is 26.5 Å². The average molecular weight is 499 g/mol. The number of nitro benzene ring substituents is 2. The lowest BCUT2D eigenvalue weighted by atomic mass is 10.1. The van der Waals surface area contributed by atoms with Crippen LogP contribution in [0.5, 0.6) is 5.75 Å². The van der Waals surface area contributed by atoms with Gasteiger partial charge in [-0.1, -0.05) is 28.1 Å². The van der Waals surface area contributed by atoms with Crippen molar-refractivity contribution in [3.63, 3.8) is 0 Å². The fraction of sp³-hybridized carbons (Fsp3) is 0.136. The van der Waals surface area contributed by atoms with Gasteiger partial charge in [-0.3, -0.25) is 25.7 Å². The largest absolute Gasteiger partial charge is 0.488 e. The molecule has 0 radical (unpaired) electrons. The highest BCUT2D eigenvalue weighted by Crippen LogP contribution is 2.29. The van der Waals surface area contributed by atoms with E-state index in [1.54, 1.807) is 0 Å². The summed E-state index contributed by atoms with van der Waals surface area (Å²) in [5.41, 5.74) is 5.51. The molecule has 164 valence electrons. The van der Waals surface area contributed by atoms with E-state index in [1.807, 2.05) is 50.2 Å². The first-order valence-corrected chi connectivity index (χ1v) is 10.2. The molecular weight excluding hydrogens is 480 g/mol. The summed E-state index contributed by atoms with van der Waals surface area (Å²) in [6.45, 7) is 4.29. The second kappa shape index (κ2) is 10.0. The van der Waals surface area contributed by atoms with Gasteiger partial charge in [0.15, 0.2) is 0 Å². The summed E-state index contributed by atoms with van der Waals surface area (Å²) in [5.74, 6) is 0.782. The third-order valence-electron chi connectivity index (χ3n) is 4.57. The predicted molar refractivity (Wildman–Crippen MR) is 125 cm³/mol. The van der Waals surface area contributed by atoms with Gasteiger partial charge in [0.1, 0.15) is 18.0 Å². The van der Waals surface area contributed by atoms with Crippen LogP contribution < -0.4 is 10.2 Å². The molecule has 32 heavy (non-hydrogen) atoms. The van der Waals surface area contributed by atoms with Crippen LogP contribution in [0.25, 0.3) is 0 Å². The smallest absolute Gasteiger partial charge is 0.301 e. The van der Waals surface area contributed by atoms with Crippen LogP contribution in [-0.4, -0.2) is 16.1 Å². The van der Waals surface area contributed by atoms with Gasteiger partial charge in [0.2, 0.25) is 0 Å². The summed E-state index contributed by atoms with van der Waals surface area (Å²) in [5, 5.41) is 26.1. The summed E-state index contributed by atoms with van der Waals surface area (Å²) in [4.78, 5) is 20.7. The summed E-state index contributed by atoms with van der Waals surface area (Å²) in [7, 11) is 0. The fourth-order valence-corrected chi connectivity index (χ4v) is 3.34. The normalized spacial score (nSPS) is 10.8. The van der Waals surface area contributed by atoms with Crippen LogP contribution in [0.1, 0.15) is 22.3 Å². The number of halogens is 1. The molecule has 3 aromatic rings. The zero-order valence-electron chi connectivity index (χ0n) is 17.2. The van der Waals surface area contributed by atoms with Crippen molar-refractivity contribution in [1.82, 2.24) is 0 Å². The van der Waals surface area contributed by atoms with Gasteiger partial charge in [0.05, 0.1) is 22.1 Å². The molecule has 0 unspecified atom stereocenters. The number of nitrogens with zero attached hydrogens (tertiary/aromatic N) is 3. The van der Waals surface area contributed by atoms with Crippen LogP contribution in [0.4, 0.5) is 17.1 Å². The van der Waals surface area contributed by atoms with Gasteiger partial charge in [-0.2, -0.15) is 5.10 Å². The highest BCUT2D eigenvalue weighted by molar-refractivity contribution is 9.10. The lowest BCUT2D eigenvalue weighted by Gasteiger charge is -2.13. The van der Waals surface area contributed by atoms with Crippen LogP contribution in [0.15, 0.2) is 64.2 Å². The van der Waals surface area contributed by atoms with Gasteiger partial charge in [-0.15, -0.1) is 0 Å². The van der Waals surface area contributed by atoms with E-state index < -0.39 is 15.5 Å². The van der Waals surface area contributed by atoms with Crippen LogP contribution in [0.2, 0.25) is 0 Å². The zero-order valence-corrected chi connectivity index (χ0v) is 18.8.